The summed E-state index contributed by atoms with van der Waals surface area (Å²) in [6.45, 7) is 1.88. The van der Waals surface area contributed by atoms with Crippen LogP contribution in [0, 0.1) is 6.92 Å². The molecule has 2 atom stereocenters. The summed E-state index contributed by atoms with van der Waals surface area (Å²) in [6.07, 6.45) is 4.89. The predicted molar refractivity (Wildman–Crippen MR) is 64.7 cm³/mol. The van der Waals surface area contributed by atoms with Crippen LogP contribution in [0.3, 0.4) is 0 Å². The Morgan fingerprint density at radius 3 is 2.82 bits per heavy atom. The number of aliphatic hydroxyl groups is 1. The third kappa shape index (κ3) is 3.03. The molecule has 17 heavy (non-hydrogen) atoms. The Bertz CT molecular complexity index is 389. The number of hydrogen-bond acceptors (Lipinski definition) is 3. The summed E-state index contributed by atoms with van der Waals surface area (Å²) in [5, 5.41) is 12.7. The van der Waals surface area contributed by atoms with Crippen LogP contribution in [-0.4, -0.2) is 28.1 Å². The minimum absolute atomic E-state index is 0.113. The summed E-state index contributed by atoms with van der Waals surface area (Å²) in [5.74, 6) is -0.150. The van der Waals surface area contributed by atoms with E-state index >= 15 is 0 Å². The van der Waals surface area contributed by atoms with Crippen molar-refractivity contribution in [2.75, 3.05) is 0 Å². The molecule has 1 fully saturated rings. The smallest absolute Gasteiger partial charge is 0.253 e. The fourth-order valence-electron chi connectivity index (χ4n) is 2.13. The third-order valence-corrected chi connectivity index (χ3v) is 3.22. The van der Waals surface area contributed by atoms with Gasteiger partial charge in [-0.25, -0.2) is 0 Å². The number of nitrogens with one attached hydrogen (secondary N) is 1. The highest BCUT2D eigenvalue weighted by molar-refractivity contribution is 5.94. The van der Waals surface area contributed by atoms with Crippen molar-refractivity contribution >= 4 is 5.91 Å². The number of carbonyl (C=O) groups is 1. The lowest BCUT2D eigenvalue weighted by Gasteiger charge is -2.28. The lowest BCUT2D eigenvalue weighted by Crippen LogP contribution is -2.45. The molecule has 4 nitrogen and oxygen atoms in total. The summed E-state index contributed by atoms with van der Waals surface area (Å²) in [6, 6.07) is 3.46. The average Bonchev–Trinajstić information content (AvgIpc) is 2.33. The van der Waals surface area contributed by atoms with Gasteiger partial charge in [-0.3, -0.25) is 9.78 Å². The van der Waals surface area contributed by atoms with E-state index in [0.717, 1.165) is 31.4 Å². The molecule has 1 saturated carbocycles. The van der Waals surface area contributed by atoms with Gasteiger partial charge in [0.1, 0.15) is 0 Å². The second kappa shape index (κ2) is 5.27. The zero-order valence-corrected chi connectivity index (χ0v) is 10.0. The Morgan fingerprint density at radius 2 is 2.18 bits per heavy atom. The van der Waals surface area contributed by atoms with E-state index in [1.165, 1.54) is 0 Å². The molecule has 0 aliphatic heterocycles. The topological polar surface area (TPSA) is 62.2 Å². The maximum atomic E-state index is 11.9. The van der Waals surface area contributed by atoms with E-state index in [1.807, 2.05) is 13.0 Å². The van der Waals surface area contributed by atoms with Gasteiger partial charge >= 0.3 is 0 Å². The van der Waals surface area contributed by atoms with Crippen LogP contribution in [0.25, 0.3) is 0 Å². The minimum Gasteiger partial charge on any atom is -0.391 e. The summed E-state index contributed by atoms with van der Waals surface area (Å²) < 4.78 is 0. The number of rotatable bonds is 2. The lowest BCUT2D eigenvalue weighted by atomic mass is 9.92. The number of amides is 1. The quantitative estimate of drug-likeness (QED) is 0.813. The van der Waals surface area contributed by atoms with Gasteiger partial charge in [0.25, 0.3) is 5.91 Å². The zero-order chi connectivity index (χ0) is 12.3. The van der Waals surface area contributed by atoms with Crippen LogP contribution < -0.4 is 5.32 Å². The SMILES string of the molecule is Cc1ccc(C(=O)N[C@H]2CCCC[C@@H]2O)cn1. The van der Waals surface area contributed by atoms with Crippen LogP contribution >= 0.6 is 0 Å². The molecule has 92 valence electrons. The molecule has 1 aromatic rings. The maximum Gasteiger partial charge on any atom is 0.253 e. The van der Waals surface area contributed by atoms with Crippen molar-refractivity contribution < 1.29 is 9.90 Å². The van der Waals surface area contributed by atoms with Gasteiger partial charge in [0.05, 0.1) is 17.7 Å². The van der Waals surface area contributed by atoms with Crippen molar-refractivity contribution in [3.8, 4) is 0 Å². The molecule has 1 amide bonds. The zero-order valence-electron chi connectivity index (χ0n) is 10.0. The van der Waals surface area contributed by atoms with Crippen molar-refractivity contribution in [1.29, 1.82) is 0 Å². The van der Waals surface area contributed by atoms with E-state index in [4.69, 9.17) is 0 Å². The van der Waals surface area contributed by atoms with Crippen molar-refractivity contribution in [2.45, 2.75) is 44.8 Å². The Kier molecular flexibility index (Phi) is 3.74. The van der Waals surface area contributed by atoms with Crippen molar-refractivity contribution in [1.82, 2.24) is 10.3 Å². The number of nitrogens with zero attached hydrogens (tertiary/aromatic N) is 1. The van der Waals surface area contributed by atoms with Crippen LogP contribution in [0.1, 0.15) is 41.7 Å². The highest BCUT2D eigenvalue weighted by Crippen LogP contribution is 2.18. The standard InChI is InChI=1S/C13H18N2O2/c1-9-6-7-10(8-14-9)13(17)15-11-4-2-3-5-12(11)16/h6-8,11-12,16H,2-5H2,1H3,(H,15,17)/t11-,12-/m0/s1. The summed E-state index contributed by atoms with van der Waals surface area (Å²) in [4.78, 5) is 16.0. The van der Waals surface area contributed by atoms with Gasteiger partial charge in [-0.05, 0) is 31.9 Å². The Morgan fingerprint density at radius 1 is 1.41 bits per heavy atom. The molecular weight excluding hydrogens is 216 g/mol. The highest BCUT2D eigenvalue weighted by Gasteiger charge is 2.24. The van der Waals surface area contributed by atoms with Crippen molar-refractivity contribution in [3.63, 3.8) is 0 Å². The molecule has 0 bridgehead atoms. The second-order valence-electron chi connectivity index (χ2n) is 4.62. The van der Waals surface area contributed by atoms with Gasteiger partial charge < -0.3 is 10.4 Å². The Hall–Kier alpha value is -1.42. The summed E-state index contributed by atoms with van der Waals surface area (Å²) in [7, 11) is 0. The molecule has 0 radical (unpaired) electrons. The number of aliphatic hydroxyl groups excluding tert-OH is 1. The summed E-state index contributed by atoms with van der Waals surface area (Å²) >= 11 is 0. The van der Waals surface area contributed by atoms with E-state index in [0.29, 0.717) is 5.56 Å². The van der Waals surface area contributed by atoms with Crippen LogP contribution in [0.4, 0.5) is 0 Å². The molecule has 1 aliphatic carbocycles. The van der Waals surface area contributed by atoms with Crippen molar-refractivity contribution in [3.05, 3.63) is 29.6 Å². The fourth-order valence-corrected chi connectivity index (χ4v) is 2.13. The molecule has 4 heteroatoms. The molecule has 2 rings (SSSR count). The molecule has 0 saturated heterocycles. The molecule has 1 heterocycles. The third-order valence-electron chi connectivity index (χ3n) is 3.22. The molecule has 0 aromatic carbocycles. The van der Waals surface area contributed by atoms with Gasteiger partial charge in [0, 0.05) is 11.9 Å². The molecule has 1 aliphatic rings. The second-order valence-corrected chi connectivity index (χ2v) is 4.62. The van der Waals surface area contributed by atoms with E-state index in [2.05, 4.69) is 10.3 Å². The highest BCUT2D eigenvalue weighted by atomic mass is 16.3. The monoisotopic (exact) mass is 234 g/mol. The van der Waals surface area contributed by atoms with E-state index in [-0.39, 0.29) is 11.9 Å². The molecular formula is C13H18N2O2. The molecule has 2 N–H and O–H groups in total. The first-order chi connectivity index (χ1) is 8.16. The predicted octanol–water partition coefficient (Wildman–Crippen LogP) is 1.42. The minimum atomic E-state index is -0.411. The first-order valence-electron chi connectivity index (χ1n) is 6.08. The van der Waals surface area contributed by atoms with Gasteiger partial charge in [-0.1, -0.05) is 12.8 Å². The Balaban J connectivity index is 1.98. The van der Waals surface area contributed by atoms with Gasteiger partial charge in [-0.15, -0.1) is 0 Å². The van der Waals surface area contributed by atoms with Gasteiger partial charge in [-0.2, -0.15) is 0 Å². The van der Waals surface area contributed by atoms with Gasteiger partial charge in [0.15, 0.2) is 0 Å². The molecule has 1 aromatic heterocycles. The number of aromatic nitrogens is 1. The van der Waals surface area contributed by atoms with E-state index < -0.39 is 6.10 Å². The first kappa shape index (κ1) is 12.0. The number of pyridine rings is 1. The number of hydrogen-bond donors (Lipinski definition) is 2. The Labute approximate surface area is 101 Å². The average molecular weight is 234 g/mol. The molecule has 0 unspecified atom stereocenters. The van der Waals surface area contributed by atoms with Crippen LogP contribution in [-0.2, 0) is 0 Å². The van der Waals surface area contributed by atoms with Crippen LogP contribution in [0.5, 0.6) is 0 Å². The van der Waals surface area contributed by atoms with E-state index in [9.17, 15) is 9.90 Å². The lowest BCUT2D eigenvalue weighted by molar-refractivity contribution is 0.0717. The first-order valence-corrected chi connectivity index (χ1v) is 6.08. The van der Waals surface area contributed by atoms with Crippen molar-refractivity contribution in [2.24, 2.45) is 0 Å². The maximum absolute atomic E-state index is 11.9. The largest absolute Gasteiger partial charge is 0.391 e. The van der Waals surface area contributed by atoms with Crippen LogP contribution in [0.15, 0.2) is 18.3 Å². The number of aryl methyl sites for hydroxylation is 1. The summed E-state index contributed by atoms with van der Waals surface area (Å²) in [5.41, 5.74) is 1.44. The van der Waals surface area contributed by atoms with E-state index in [1.54, 1.807) is 12.3 Å². The normalized spacial score (nSPS) is 24.4. The fraction of sp³-hybridized carbons (Fsp3) is 0.538. The van der Waals surface area contributed by atoms with Gasteiger partial charge in [0.2, 0.25) is 0 Å². The molecule has 0 spiro atoms. The number of carbonyl (C=O) groups excluding carboxylic acids is 1. The van der Waals surface area contributed by atoms with Crippen LogP contribution in [0.2, 0.25) is 0 Å².